The van der Waals surface area contributed by atoms with Crippen LogP contribution in [0.1, 0.15) is 35.2 Å². The van der Waals surface area contributed by atoms with E-state index < -0.39 is 10.0 Å². The number of nitrogens with zero attached hydrogens (tertiary/aromatic N) is 2. The van der Waals surface area contributed by atoms with Crippen molar-refractivity contribution < 1.29 is 17.9 Å². The number of piperidine rings is 1. The quantitative estimate of drug-likeness (QED) is 0.691. The van der Waals surface area contributed by atoms with Gasteiger partial charge in [-0.3, -0.25) is 9.69 Å². The summed E-state index contributed by atoms with van der Waals surface area (Å²) in [5, 5.41) is 2.91. The first kappa shape index (κ1) is 22.9. The molecule has 172 valence electrons. The van der Waals surface area contributed by atoms with Crippen molar-refractivity contribution in [3.8, 4) is 0 Å². The summed E-state index contributed by atoms with van der Waals surface area (Å²) in [6, 6.07) is 16.6. The molecule has 8 heteroatoms. The van der Waals surface area contributed by atoms with Gasteiger partial charge in [-0.2, -0.15) is 4.31 Å². The van der Waals surface area contributed by atoms with E-state index in [4.69, 9.17) is 4.74 Å². The van der Waals surface area contributed by atoms with Gasteiger partial charge >= 0.3 is 0 Å². The molecule has 0 radical (unpaired) electrons. The average Bonchev–Trinajstić information content (AvgIpc) is 2.84. The number of ether oxygens (including phenoxy) is 1. The number of carbonyl (C=O) groups excluding carboxylic acids is 1. The van der Waals surface area contributed by atoms with Crippen molar-refractivity contribution in [3.05, 3.63) is 65.7 Å². The highest BCUT2D eigenvalue weighted by molar-refractivity contribution is 7.89. The van der Waals surface area contributed by atoms with E-state index >= 15 is 0 Å². The molecular weight excluding hydrogens is 426 g/mol. The predicted molar refractivity (Wildman–Crippen MR) is 123 cm³/mol. The second-order valence-corrected chi connectivity index (χ2v) is 10.4. The third-order valence-electron chi connectivity index (χ3n) is 6.01. The summed E-state index contributed by atoms with van der Waals surface area (Å²) in [6.07, 6.45) is 2.71. The van der Waals surface area contributed by atoms with Crippen molar-refractivity contribution >= 4 is 15.9 Å². The SMILES string of the molecule is O=C(NCC1CN(Cc2ccccc2)CCO1)c1cccc(S(=O)(=O)N2CCCCC2)c1. The lowest BCUT2D eigenvalue weighted by Gasteiger charge is -2.33. The minimum absolute atomic E-state index is 0.100. The third-order valence-corrected chi connectivity index (χ3v) is 7.91. The molecule has 1 N–H and O–H groups in total. The topological polar surface area (TPSA) is 79.0 Å². The third kappa shape index (κ3) is 5.75. The standard InChI is InChI=1S/C24H31N3O4S/c28-24(21-10-7-11-23(16-21)32(29,30)27-12-5-2-6-13-27)25-17-22-19-26(14-15-31-22)18-20-8-3-1-4-9-20/h1,3-4,7-11,16,22H,2,5-6,12-15,17-19H2,(H,25,28). The van der Waals surface area contributed by atoms with Crippen LogP contribution < -0.4 is 5.32 Å². The van der Waals surface area contributed by atoms with Crippen LogP contribution >= 0.6 is 0 Å². The summed E-state index contributed by atoms with van der Waals surface area (Å²) in [4.78, 5) is 15.2. The normalized spacial score (nSPS) is 20.7. The average molecular weight is 458 g/mol. The summed E-state index contributed by atoms with van der Waals surface area (Å²) < 4.78 is 33.2. The lowest BCUT2D eigenvalue weighted by Crippen LogP contribution is -2.47. The minimum atomic E-state index is -3.57. The van der Waals surface area contributed by atoms with E-state index in [2.05, 4.69) is 22.3 Å². The van der Waals surface area contributed by atoms with Crippen LogP contribution in [0.3, 0.4) is 0 Å². The molecule has 2 saturated heterocycles. The molecule has 2 aromatic carbocycles. The highest BCUT2D eigenvalue weighted by Crippen LogP contribution is 2.21. The Labute approximate surface area is 190 Å². The maximum atomic E-state index is 12.9. The van der Waals surface area contributed by atoms with Crippen molar-refractivity contribution in [1.29, 1.82) is 0 Å². The molecule has 1 amide bonds. The van der Waals surface area contributed by atoms with Gasteiger partial charge in [0.05, 0.1) is 17.6 Å². The van der Waals surface area contributed by atoms with Crippen LogP contribution in [0.5, 0.6) is 0 Å². The predicted octanol–water partition coefficient (Wildman–Crippen LogP) is 2.49. The molecule has 32 heavy (non-hydrogen) atoms. The number of carbonyl (C=O) groups is 1. The lowest BCUT2D eigenvalue weighted by atomic mass is 10.2. The summed E-state index contributed by atoms with van der Waals surface area (Å²) >= 11 is 0. The molecule has 0 saturated carbocycles. The summed E-state index contributed by atoms with van der Waals surface area (Å²) in [6.45, 7) is 4.53. The Kier molecular flexibility index (Phi) is 7.57. The molecule has 7 nitrogen and oxygen atoms in total. The fourth-order valence-electron chi connectivity index (χ4n) is 4.25. The number of rotatable bonds is 7. The van der Waals surface area contributed by atoms with Gasteiger partial charge in [0.2, 0.25) is 10.0 Å². The Morgan fingerprint density at radius 3 is 2.56 bits per heavy atom. The summed E-state index contributed by atoms with van der Waals surface area (Å²) in [5.74, 6) is -0.288. The van der Waals surface area contributed by atoms with Crippen molar-refractivity contribution in [3.63, 3.8) is 0 Å². The monoisotopic (exact) mass is 457 g/mol. The molecule has 2 fully saturated rings. The molecule has 1 unspecified atom stereocenters. The van der Waals surface area contributed by atoms with E-state index in [1.807, 2.05) is 18.2 Å². The molecule has 2 aliphatic heterocycles. The van der Waals surface area contributed by atoms with Crippen molar-refractivity contribution in [2.24, 2.45) is 0 Å². The molecule has 0 aliphatic carbocycles. The molecule has 1 atom stereocenters. The van der Waals surface area contributed by atoms with Crippen molar-refractivity contribution in [2.75, 3.05) is 39.3 Å². The number of hydrogen-bond acceptors (Lipinski definition) is 5. The first-order valence-corrected chi connectivity index (χ1v) is 12.7. The van der Waals surface area contributed by atoms with Crippen LogP contribution in [-0.2, 0) is 21.3 Å². The molecule has 0 aromatic heterocycles. The number of benzene rings is 2. The van der Waals surface area contributed by atoms with Gasteiger partial charge in [0.25, 0.3) is 5.91 Å². The highest BCUT2D eigenvalue weighted by atomic mass is 32.2. The molecular formula is C24H31N3O4S. The highest BCUT2D eigenvalue weighted by Gasteiger charge is 2.27. The van der Waals surface area contributed by atoms with Gasteiger partial charge in [0.1, 0.15) is 0 Å². The smallest absolute Gasteiger partial charge is 0.251 e. The van der Waals surface area contributed by atoms with E-state index in [-0.39, 0.29) is 16.9 Å². The van der Waals surface area contributed by atoms with Crippen LogP contribution in [0.2, 0.25) is 0 Å². The molecule has 2 aromatic rings. The van der Waals surface area contributed by atoms with E-state index in [9.17, 15) is 13.2 Å². The van der Waals surface area contributed by atoms with Crippen molar-refractivity contribution in [1.82, 2.24) is 14.5 Å². The molecule has 0 spiro atoms. The van der Waals surface area contributed by atoms with E-state index in [1.165, 1.54) is 15.9 Å². The van der Waals surface area contributed by atoms with E-state index in [0.29, 0.717) is 31.8 Å². The molecule has 2 aliphatic rings. The minimum Gasteiger partial charge on any atom is -0.374 e. The van der Waals surface area contributed by atoms with Gasteiger partial charge in [-0.15, -0.1) is 0 Å². The van der Waals surface area contributed by atoms with Gasteiger partial charge < -0.3 is 10.1 Å². The number of hydrogen-bond donors (Lipinski definition) is 1. The van der Waals surface area contributed by atoms with Gasteiger partial charge in [0, 0.05) is 44.8 Å². The molecule has 4 rings (SSSR count). The van der Waals surface area contributed by atoms with Gasteiger partial charge in [-0.05, 0) is 36.6 Å². The summed E-state index contributed by atoms with van der Waals surface area (Å²) in [5.41, 5.74) is 1.60. The fraction of sp³-hybridized carbons (Fsp3) is 0.458. The zero-order valence-electron chi connectivity index (χ0n) is 18.3. The summed E-state index contributed by atoms with van der Waals surface area (Å²) in [7, 11) is -3.57. The van der Waals surface area contributed by atoms with Gasteiger partial charge in [-0.25, -0.2) is 8.42 Å². The lowest BCUT2D eigenvalue weighted by molar-refractivity contribution is -0.0292. The van der Waals surface area contributed by atoms with Gasteiger partial charge in [-0.1, -0.05) is 42.8 Å². The number of morpholine rings is 1. The number of nitrogens with one attached hydrogen (secondary N) is 1. The van der Waals surface area contributed by atoms with Crippen LogP contribution in [-0.4, -0.2) is 69.0 Å². The Hall–Kier alpha value is -2.26. The van der Waals surface area contributed by atoms with E-state index in [0.717, 1.165) is 38.9 Å². The van der Waals surface area contributed by atoms with Gasteiger partial charge in [0.15, 0.2) is 0 Å². The zero-order valence-corrected chi connectivity index (χ0v) is 19.1. The Balaban J connectivity index is 1.33. The second kappa shape index (κ2) is 10.6. The Morgan fingerprint density at radius 2 is 1.78 bits per heavy atom. The van der Waals surface area contributed by atoms with E-state index in [1.54, 1.807) is 18.2 Å². The largest absolute Gasteiger partial charge is 0.374 e. The number of amides is 1. The molecule has 0 bridgehead atoms. The van der Waals surface area contributed by atoms with Crippen molar-refractivity contribution in [2.45, 2.75) is 36.8 Å². The second-order valence-electron chi connectivity index (χ2n) is 8.42. The van der Waals surface area contributed by atoms with Crippen LogP contribution in [0.15, 0.2) is 59.5 Å². The maximum absolute atomic E-state index is 12.9. The Morgan fingerprint density at radius 1 is 1.00 bits per heavy atom. The Bertz CT molecular complexity index is 1010. The fourth-order valence-corrected chi connectivity index (χ4v) is 5.81. The maximum Gasteiger partial charge on any atom is 0.251 e. The van der Waals surface area contributed by atoms with Crippen LogP contribution in [0.4, 0.5) is 0 Å². The zero-order chi connectivity index (χ0) is 22.4. The first-order chi connectivity index (χ1) is 15.5. The van der Waals surface area contributed by atoms with Crippen LogP contribution in [0.25, 0.3) is 0 Å². The van der Waals surface area contributed by atoms with Crippen LogP contribution in [0, 0.1) is 0 Å². The molecule has 2 heterocycles. The first-order valence-electron chi connectivity index (χ1n) is 11.3. The number of sulfonamides is 1.